The summed E-state index contributed by atoms with van der Waals surface area (Å²) in [6, 6.07) is 5.15. The van der Waals surface area contributed by atoms with Gasteiger partial charge in [-0.15, -0.1) is 0 Å². The van der Waals surface area contributed by atoms with Crippen LogP contribution in [-0.4, -0.2) is 26.8 Å². The maximum absolute atomic E-state index is 13.0. The summed E-state index contributed by atoms with van der Waals surface area (Å²) >= 11 is 0. The molecule has 1 N–H and O–H groups in total. The molecule has 0 unspecified atom stereocenters. The van der Waals surface area contributed by atoms with Crippen LogP contribution >= 0.6 is 0 Å². The fourth-order valence-electron chi connectivity index (χ4n) is 1.49. The second-order valence-electron chi connectivity index (χ2n) is 3.63. The van der Waals surface area contributed by atoms with Crippen LogP contribution in [-0.2, 0) is 11.2 Å². The fourth-order valence-corrected chi connectivity index (χ4v) is 1.49. The van der Waals surface area contributed by atoms with Gasteiger partial charge in [-0.1, -0.05) is 6.07 Å². The van der Waals surface area contributed by atoms with Crippen LogP contribution in [0.2, 0.25) is 0 Å². The average molecular weight is 211 g/mol. The molecule has 0 aromatic heterocycles. The maximum Gasteiger partial charge on any atom is 0.123 e. The first-order valence-electron chi connectivity index (χ1n) is 5.18. The van der Waals surface area contributed by atoms with Gasteiger partial charge in [-0.05, 0) is 43.1 Å². The van der Waals surface area contributed by atoms with Gasteiger partial charge in [0.2, 0.25) is 0 Å². The van der Waals surface area contributed by atoms with E-state index >= 15 is 0 Å². The van der Waals surface area contributed by atoms with Crippen LogP contribution in [0.25, 0.3) is 0 Å². The Morgan fingerprint density at radius 3 is 2.73 bits per heavy atom. The molecule has 0 bridgehead atoms. The van der Waals surface area contributed by atoms with Crippen LogP contribution < -0.4 is 5.32 Å². The molecule has 1 aromatic rings. The minimum Gasteiger partial charge on any atom is -0.383 e. The van der Waals surface area contributed by atoms with Crippen molar-refractivity contribution in [1.29, 1.82) is 0 Å². The Morgan fingerprint density at radius 2 is 2.07 bits per heavy atom. The van der Waals surface area contributed by atoms with Crippen LogP contribution in [0.3, 0.4) is 0 Å². The SMILES string of the molecule is COCCNCCc1cc(C)cc(F)c1. The van der Waals surface area contributed by atoms with E-state index in [1.54, 1.807) is 19.2 Å². The highest BCUT2D eigenvalue weighted by Gasteiger charge is 1.97. The average Bonchev–Trinajstić information content (AvgIpc) is 2.16. The van der Waals surface area contributed by atoms with Gasteiger partial charge in [0.25, 0.3) is 0 Å². The molecule has 0 saturated carbocycles. The zero-order chi connectivity index (χ0) is 11.1. The van der Waals surface area contributed by atoms with E-state index in [0.717, 1.165) is 30.6 Å². The van der Waals surface area contributed by atoms with Crippen molar-refractivity contribution in [1.82, 2.24) is 5.32 Å². The molecule has 84 valence electrons. The number of nitrogens with one attached hydrogen (secondary N) is 1. The van der Waals surface area contributed by atoms with Crippen LogP contribution in [0.5, 0.6) is 0 Å². The summed E-state index contributed by atoms with van der Waals surface area (Å²) in [5.74, 6) is -0.151. The molecule has 0 aliphatic rings. The third-order valence-corrected chi connectivity index (χ3v) is 2.18. The lowest BCUT2D eigenvalue weighted by molar-refractivity contribution is 0.199. The number of ether oxygens (including phenoxy) is 1. The quantitative estimate of drug-likeness (QED) is 0.726. The number of benzene rings is 1. The number of hydrogen-bond donors (Lipinski definition) is 1. The molecule has 0 spiro atoms. The zero-order valence-electron chi connectivity index (χ0n) is 9.35. The second kappa shape index (κ2) is 6.53. The Kier molecular flexibility index (Phi) is 5.29. The van der Waals surface area contributed by atoms with E-state index in [4.69, 9.17) is 4.74 Å². The summed E-state index contributed by atoms with van der Waals surface area (Å²) in [6.45, 7) is 4.31. The van der Waals surface area contributed by atoms with Gasteiger partial charge in [0.15, 0.2) is 0 Å². The largest absolute Gasteiger partial charge is 0.383 e. The van der Waals surface area contributed by atoms with E-state index in [9.17, 15) is 4.39 Å². The lowest BCUT2D eigenvalue weighted by Gasteiger charge is -2.05. The third kappa shape index (κ3) is 4.91. The van der Waals surface area contributed by atoms with Gasteiger partial charge in [-0.25, -0.2) is 4.39 Å². The fraction of sp³-hybridized carbons (Fsp3) is 0.500. The highest BCUT2D eigenvalue weighted by molar-refractivity contribution is 5.23. The predicted molar refractivity (Wildman–Crippen MR) is 59.6 cm³/mol. The minimum absolute atomic E-state index is 0.151. The first-order chi connectivity index (χ1) is 7.22. The van der Waals surface area contributed by atoms with Gasteiger partial charge in [0.1, 0.15) is 5.82 Å². The first-order valence-corrected chi connectivity index (χ1v) is 5.18. The van der Waals surface area contributed by atoms with Crippen molar-refractivity contribution >= 4 is 0 Å². The number of methoxy groups -OCH3 is 1. The van der Waals surface area contributed by atoms with E-state index in [1.165, 1.54) is 0 Å². The van der Waals surface area contributed by atoms with Crippen molar-refractivity contribution in [3.63, 3.8) is 0 Å². The summed E-state index contributed by atoms with van der Waals surface area (Å²) < 4.78 is 17.9. The van der Waals surface area contributed by atoms with Gasteiger partial charge < -0.3 is 10.1 Å². The van der Waals surface area contributed by atoms with E-state index in [0.29, 0.717) is 6.61 Å². The smallest absolute Gasteiger partial charge is 0.123 e. The van der Waals surface area contributed by atoms with Crippen molar-refractivity contribution in [2.45, 2.75) is 13.3 Å². The highest BCUT2D eigenvalue weighted by Crippen LogP contribution is 2.08. The van der Waals surface area contributed by atoms with Gasteiger partial charge in [0, 0.05) is 13.7 Å². The van der Waals surface area contributed by atoms with Crippen molar-refractivity contribution in [2.75, 3.05) is 26.8 Å². The number of halogens is 1. The summed E-state index contributed by atoms with van der Waals surface area (Å²) in [4.78, 5) is 0. The molecule has 1 aromatic carbocycles. The lowest BCUT2D eigenvalue weighted by Crippen LogP contribution is -2.21. The van der Waals surface area contributed by atoms with Gasteiger partial charge >= 0.3 is 0 Å². The molecular weight excluding hydrogens is 193 g/mol. The van der Waals surface area contributed by atoms with E-state index in [2.05, 4.69) is 5.32 Å². The van der Waals surface area contributed by atoms with Crippen LogP contribution in [0.1, 0.15) is 11.1 Å². The molecule has 15 heavy (non-hydrogen) atoms. The van der Waals surface area contributed by atoms with E-state index in [1.807, 2.05) is 13.0 Å². The summed E-state index contributed by atoms with van der Waals surface area (Å²) in [5.41, 5.74) is 2.01. The Bertz CT molecular complexity index is 281. The number of hydrogen-bond acceptors (Lipinski definition) is 2. The van der Waals surface area contributed by atoms with Crippen molar-refractivity contribution in [3.05, 3.63) is 35.1 Å². The second-order valence-corrected chi connectivity index (χ2v) is 3.63. The van der Waals surface area contributed by atoms with Crippen molar-refractivity contribution in [2.24, 2.45) is 0 Å². The molecule has 3 heteroatoms. The molecule has 0 fully saturated rings. The lowest BCUT2D eigenvalue weighted by atomic mass is 10.1. The monoisotopic (exact) mass is 211 g/mol. The minimum atomic E-state index is -0.151. The molecule has 0 aliphatic heterocycles. The summed E-state index contributed by atoms with van der Waals surface area (Å²) in [7, 11) is 1.68. The third-order valence-electron chi connectivity index (χ3n) is 2.18. The summed E-state index contributed by atoms with van der Waals surface area (Å²) in [6.07, 6.45) is 0.850. The number of aryl methyl sites for hydroxylation is 1. The Morgan fingerprint density at radius 1 is 1.27 bits per heavy atom. The zero-order valence-corrected chi connectivity index (χ0v) is 9.35. The standard InChI is InChI=1S/C12H18FNO/c1-10-7-11(9-12(13)8-10)3-4-14-5-6-15-2/h7-9,14H,3-6H2,1-2H3. The maximum atomic E-state index is 13.0. The highest BCUT2D eigenvalue weighted by atomic mass is 19.1. The van der Waals surface area contributed by atoms with Crippen molar-refractivity contribution in [3.8, 4) is 0 Å². The van der Waals surface area contributed by atoms with E-state index in [-0.39, 0.29) is 5.82 Å². The van der Waals surface area contributed by atoms with Crippen LogP contribution in [0.4, 0.5) is 4.39 Å². The van der Waals surface area contributed by atoms with Crippen LogP contribution in [0, 0.1) is 12.7 Å². The molecule has 0 radical (unpaired) electrons. The molecule has 1 rings (SSSR count). The van der Waals surface area contributed by atoms with Gasteiger partial charge in [0.05, 0.1) is 6.61 Å². The van der Waals surface area contributed by atoms with E-state index < -0.39 is 0 Å². The molecule has 0 heterocycles. The molecule has 0 aliphatic carbocycles. The molecule has 0 saturated heterocycles. The van der Waals surface area contributed by atoms with Gasteiger partial charge in [-0.2, -0.15) is 0 Å². The first kappa shape index (κ1) is 12.1. The molecular formula is C12H18FNO. The Hall–Kier alpha value is -0.930. The topological polar surface area (TPSA) is 21.3 Å². The molecule has 0 amide bonds. The van der Waals surface area contributed by atoms with Gasteiger partial charge in [-0.3, -0.25) is 0 Å². The molecule has 0 atom stereocenters. The summed E-state index contributed by atoms with van der Waals surface area (Å²) in [5, 5.41) is 3.23. The van der Waals surface area contributed by atoms with Crippen molar-refractivity contribution < 1.29 is 9.13 Å². The normalized spacial score (nSPS) is 10.6. The van der Waals surface area contributed by atoms with Crippen LogP contribution in [0.15, 0.2) is 18.2 Å². The molecule has 2 nitrogen and oxygen atoms in total. The number of rotatable bonds is 6. The predicted octanol–water partition coefficient (Wildman–Crippen LogP) is 1.91. The Balaban J connectivity index is 2.31. The Labute approximate surface area is 90.4 Å².